The van der Waals surface area contributed by atoms with Crippen molar-refractivity contribution in [1.82, 2.24) is 25.9 Å². The van der Waals surface area contributed by atoms with E-state index in [9.17, 15) is 24.3 Å². The van der Waals surface area contributed by atoms with Gasteiger partial charge in [-0.3, -0.25) is 19.2 Å². The summed E-state index contributed by atoms with van der Waals surface area (Å²) >= 11 is 1.34. The third kappa shape index (κ3) is 11.7. The number of hydrogen-bond acceptors (Lipinski definition) is 8. The average Bonchev–Trinajstić information content (AvgIpc) is 3.65. The van der Waals surface area contributed by atoms with Crippen LogP contribution >= 0.6 is 11.3 Å². The van der Waals surface area contributed by atoms with Crippen LogP contribution in [0.2, 0.25) is 0 Å². The summed E-state index contributed by atoms with van der Waals surface area (Å²) in [6.45, 7) is 9.06. The van der Waals surface area contributed by atoms with Crippen LogP contribution in [-0.4, -0.2) is 64.5 Å². The molecule has 52 heavy (non-hydrogen) atoms. The topological polar surface area (TPSA) is 160 Å². The highest BCUT2D eigenvalue weighted by Crippen LogP contribution is 2.29. The van der Waals surface area contributed by atoms with Crippen molar-refractivity contribution in [3.63, 3.8) is 0 Å². The normalized spacial score (nSPS) is 12.4. The molecule has 0 spiro atoms. The molecule has 0 unspecified atom stereocenters. The lowest BCUT2D eigenvalue weighted by Crippen LogP contribution is -2.54. The van der Waals surface area contributed by atoms with Gasteiger partial charge in [-0.2, -0.15) is 0 Å². The number of carbonyl (C=O) groups excluding carboxylic acids is 3. The molecule has 0 saturated heterocycles. The molecular formula is C40H49N5O6S. The molecule has 0 saturated carbocycles. The van der Waals surface area contributed by atoms with Gasteiger partial charge >= 0.3 is 5.97 Å². The van der Waals surface area contributed by atoms with Crippen LogP contribution in [-0.2, 0) is 26.2 Å². The van der Waals surface area contributed by atoms with Crippen LogP contribution < -0.4 is 20.7 Å². The minimum absolute atomic E-state index is 0.0846. The summed E-state index contributed by atoms with van der Waals surface area (Å²) in [5.41, 5.74) is 3.17. The number of carboxylic acid groups (broad SMARTS) is 1. The standard InChI is InChI=1S/C40H49N5O6S/c1-6-7-8-9-10-21-51-30-17-15-27(16-18-30)29-24-42-36(43-25-29)28-13-11-26(12-14-28)22-31(38(49)44-32(23-35(46)47)37(48)41-5)45-39(50)33-19-20-34(52-33)40(2,3)4/h11-20,24-25,31-32H,6-10,21-23H2,1-5H3,(H,41,48)(H,44,49)(H,45,50)(H,46,47)/t31-,32+/m0/s1. The summed E-state index contributed by atoms with van der Waals surface area (Å²) in [5, 5.41) is 17.0. The Hall–Kier alpha value is -5.10. The number of unbranched alkanes of at least 4 members (excludes halogenated alkanes) is 4. The zero-order valence-electron chi connectivity index (χ0n) is 30.5. The van der Waals surface area contributed by atoms with Gasteiger partial charge in [0, 0.05) is 41.9 Å². The van der Waals surface area contributed by atoms with Crippen LogP contribution in [0.3, 0.4) is 0 Å². The lowest BCUT2D eigenvalue weighted by atomic mass is 9.95. The number of ether oxygens (including phenoxy) is 1. The zero-order chi connectivity index (χ0) is 37.7. The summed E-state index contributed by atoms with van der Waals surface area (Å²) in [5.74, 6) is -1.67. The molecule has 0 aliphatic rings. The molecule has 2 heterocycles. The highest BCUT2D eigenvalue weighted by atomic mass is 32.1. The van der Waals surface area contributed by atoms with E-state index in [1.165, 1.54) is 44.1 Å². The SMILES string of the molecule is CCCCCCCOc1ccc(-c2cnc(-c3ccc(C[C@H](NC(=O)c4ccc(C(C)(C)C)s4)C(=O)N[C@H](CC(=O)O)C(=O)NC)cc3)nc2)cc1. The second-order valence-corrected chi connectivity index (χ2v) is 14.8. The van der Waals surface area contributed by atoms with Gasteiger partial charge in [-0.05, 0) is 47.2 Å². The van der Waals surface area contributed by atoms with Gasteiger partial charge in [0.2, 0.25) is 11.8 Å². The third-order valence-corrected chi connectivity index (χ3v) is 9.97. The first-order valence-electron chi connectivity index (χ1n) is 17.7. The molecule has 12 heteroatoms. The van der Waals surface area contributed by atoms with E-state index in [0.717, 1.165) is 39.3 Å². The number of aromatic nitrogens is 2. The van der Waals surface area contributed by atoms with E-state index >= 15 is 0 Å². The zero-order valence-corrected chi connectivity index (χ0v) is 31.3. The minimum atomic E-state index is -1.32. The summed E-state index contributed by atoms with van der Waals surface area (Å²) in [6, 6.07) is 16.4. The Morgan fingerprint density at radius 3 is 2.04 bits per heavy atom. The van der Waals surface area contributed by atoms with Gasteiger partial charge in [0.15, 0.2) is 5.82 Å². The third-order valence-electron chi connectivity index (χ3n) is 8.46. The second-order valence-electron chi connectivity index (χ2n) is 13.7. The largest absolute Gasteiger partial charge is 0.494 e. The molecule has 276 valence electrons. The fourth-order valence-corrected chi connectivity index (χ4v) is 6.39. The monoisotopic (exact) mass is 727 g/mol. The van der Waals surface area contributed by atoms with Crippen molar-refractivity contribution < 1.29 is 29.0 Å². The van der Waals surface area contributed by atoms with Gasteiger partial charge in [-0.15, -0.1) is 11.3 Å². The van der Waals surface area contributed by atoms with E-state index in [4.69, 9.17) is 4.74 Å². The molecule has 4 N–H and O–H groups in total. The molecule has 4 rings (SSSR count). The van der Waals surface area contributed by atoms with Crippen LogP contribution in [0, 0.1) is 0 Å². The van der Waals surface area contributed by atoms with Crippen molar-refractivity contribution in [1.29, 1.82) is 0 Å². The molecule has 2 atom stereocenters. The van der Waals surface area contributed by atoms with E-state index < -0.39 is 42.2 Å². The lowest BCUT2D eigenvalue weighted by molar-refractivity contribution is -0.140. The molecule has 0 bridgehead atoms. The average molecular weight is 728 g/mol. The molecule has 0 aliphatic heterocycles. The van der Waals surface area contributed by atoms with E-state index in [1.807, 2.05) is 75.4 Å². The number of nitrogens with zero attached hydrogens (tertiary/aromatic N) is 2. The smallest absolute Gasteiger partial charge is 0.305 e. The molecular weight excluding hydrogens is 679 g/mol. The van der Waals surface area contributed by atoms with Crippen LogP contribution in [0.5, 0.6) is 5.75 Å². The maximum atomic E-state index is 13.5. The van der Waals surface area contributed by atoms with Gasteiger partial charge in [0.25, 0.3) is 5.91 Å². The predicted octanol–water partition coefficient (Wildman–Crippen LogP) is 6.57. The van der Waals surface area contributed by atoms with Crippen LogP contribution in [0.15, 0.2) is 73.1 Å². The maximum Gasteiger partial charge on any atom is 0.305 e. The van der Waals surface area contributed by atoms with Gasteiger partial charge < -0.3 is 25.8 Å². The van der Waals surface area contributed by atoms with E-state index in [-0.39, 0.29) is 11.8 Å². The first-order chi connectivity index (χ1) is 24.9. The summed E-state index contributed by atoms with van der Waals surface area (Å²) < 4.78 is 5.89. The fraction of sp³-hybridized carbons (Fsp3) is 0.400. The summed E-state index contributed by atoms with van der Waals surface area (Å²) in [6.07, 6.45) is 8.97. The van der Waals surface area contributed by atoms with Gasteiger partial charge in [0.1, 0.15) is 17.8 Å². The van der Waals surface area contributed by atoms with Crippen molar-refractivity contribution in [2.45, 2.75) is 90.1 Å². The van der Waals surface area contributed by atoms with E-state index in [0.29, 0.717) is 17.3 Å². The highest BCUT2D eigenvalue weighted by Gasteiger charge is 2.29. The van der Waals surface area contributed by atoms with Crippen LogP contribution in [0.1, 0.15) is 86.3 Å². The number of rotatable bonds is 18. The molecule has 0 radical (unpaired) electrons. The van der Waals surface area contributed by atoms with E-state index in [2.05, 4.69) is 32.8 Å². The van der Waals surface area contributed by atoms with Crippen molar-refractivity contribution in [2.75, 3.05) is 13.7 Å². The molecule has 4 aromatic rings. The number of likely N-dealkylation sites (N-methyl/N-ethyl adjacent to an activating group) is 1. The Balaban J connectivity index is 1.44. The minimum Gasteiger partial charge on any atom is -0.494 e. The van der Waals surface area contributed by atoms with Crippen molar-refractivity contribution >= 4 is 35.0 Å². The number of thiophene rings is 1. The number of hydrogen-bond donors (Lipinski definition) is 4. The number of aliphatic carboxylic acids is 1. The quantitative estimate of drug-likeness (QED) is 0.0839. The van der Waals surface area contributed by atoms with Crippen molar-refractivity contribution in [3.05, 3.63) is 88.4 Å². The molecule has 3 amide bonds. The lowest BCUT2D eigenvalue weighted by Gasteiger charge is -2.22. The second kappa shape index (κ2) is 18.9. The molecule has 2 aromatic carbocycles. The van der Waals surface area contributed by atoms with Crippen LogP contribution in [0.4, 0.5) is 0 Å². The Kier molecular flexibility index (Phi) is 14.5. The highest BCUT2D eigenvalue weighted by molar-refractivity contribution is 7.14. The fourth-order valence-electron chi connectivity index (χ4n) is 5.42. The molecule has 0 fully saturated rings. The molecule has 0 aliphatic carbocycles. The van der Waals surface area contributed by atoms with Crippen LogP contribution in [0.25, 0.3) is 22.5 Å². The number of amides is 3. The summed E-state index contributed by atoms with van der Waals surface area (Å²) in [4.78, 5) is 61.2. The first-order valence-corrected chi connectivity index (χ1v) is 18.5. The predicted molar refractivity (Wildman–Crippen MR) is 203 cm³/mol. The summed E-state index contributed by atoms with van der Waals surface area (Å²) in [7, 11) is 1.36. The van der Waals surface area contributed by atoms with Crippen molar-refractivity contribution in [3.8, 4) is 28.3 Å². The Bertz CT molecular complexity index is 1780. The van der Waals surface area contributed by atoms with Crippen molar-refractivity contribution in [2.24, 2.45) is 0 Å². The molecule has 2 aromatic heterocycles. The Morgan fingerprint density at radius 2 is 1.44 bits per heavy atom. The number of carboxylic acids is 1. The van der Waals surface area contributed by atoms with Gasteiger partial charge in [0.05, 0.1) is 17.9 Å². The number of benzene rings is 2. The Labute approximate surface area is 309 Å². The maximum absolute atomic E-state index is 13.5. The van der Waals surface area contributed by atoms with Gasteiger partial charge in [-0.1, -0.05) is 89.8 Å². The van der Waals surface area contributed by atoms with E-state index in [1.54, 1.807) is 18.5 Å². The molecule has 11 nitrogen and oxygen atoms in total. The first kappa shape index (κ1) is 39.7. The number of carbonyl (C=O) groups is 4. The van der Waals surface area contributed by atoms with Gasteiger partial charge in [-0.25, -0.2) is 9.97 Å². The number of nitrogens with one attached hydrogen (secondary N) is 3. The Morgan fingerprint density at radius 1 is 0.788 bits per heavy atom.